The summed E-state index contributed by atoms with van der Waals surface area (Å²) in [5, 5.41) is 13.6. The molecule has 2 aliphatic carbocycles. The first-order valence-corrected chi connectivity index (χ1v) is 20.1. The van der Waals surface area contributed by atoms with Crippen molar-refractivity contribution in [2.75, 3.05) is 0 Å². The van der Waals surface area contributed by atoms with E-state index in [4.69, 9.17) is 4.98 Å². The molecule has 1 radical (unpaired) electrons. The predicted octanol–water partition coefficient (Wildman–Crippen LogP) is 13.9. The van der Waals surface area contributed by atoms with E-state index in [1.807, 2.05) is 27.7 Å². The van der Waals surface area contributed by atoms with E-state index in [0.717, 1.165) is 42.5 Å². The fraction of sp³-hybridized carbons (Fsp3) is 0.542. The molecule has 0 unspecified atom stereocenters. The van der Waals surface area contributed by atoms with Gasteiger partial charge in [-0.2, -0.15) is 0 Å². The molecule has 283 valence electrons. The zero-order valence-corrected chi connectivity index (χ0v) is 35.9. The van der Waals surface area contributed by atoms with Crippen LogP contribution in [-0.4, -0.2) is 15.9 Å². The first-order chi connectivity index (χ1) is 24.3. The molecule has 0 amide bonds. The number of hydrogen-bond acceptors (Lipinski definition) is 3. The summed E-state index contributed by atoms with van der Waals surface area (Å²) >= 11 is 0. The van der Waals surface area contributed by atoms with Gasteiger partial charge in [0, 0.05) is 49.1 Å². The molecular weight excluding hydrogens is 815 g/mol. The summed E-state index contributed by atoms with van der Waals surface area (Å²) in [6, 6.07) is 21.9. The van der Waals surface area contributed by atoms with E-state index < -0.39 is 0 Å². The van der Waals surface area contributed by atoms with E-state index in [0.29, 0.717) is 11.3 Å². The van der Waals surface area contributed by atoms with Crippen LogP contribution in [0.15, 0.2) is 60.4 Å². The third kappa shape index (κ3) is 9.45. The van der Waals surface area contributed by atoms with E-state index >= 15 is 0 Å². The van der Waals surface area contributed by atoms with Crippen molar-refractivity contribution in [3.05, 3.63) is 88.7 Å². The van der Waals surface area contributed by atoms with Crippen LogP contribution in [0.3, 0.4) is 0 Å². The number of benzene rings is 3. The molecule has 0 saturated heterocycles. The molecule has 0 atom stereocenters. The number of allylic oxidation sites excluding steroid dienone is 2. The molecular formula is C48H64IrNO2-. The second kappa shape index (κ2) is 18.0. The Balaban J connectivity index is 0.000000323. The number of carbonyl (C=O) groups is 1. The van der Waals surface area contributed by atoms with Crippen molar-refractivity contribution in [1.82, 2.24) is 4.98 Å². The molecule has 6 rings (SSSR count). The maximum Gasteiger partial charge on any atom is 0.162 e. The summed E-state index contributed by atoms with van der Waals surface area (Å²) in [4.78, 5) is 17.0. The number of rotatable bonds is 9. The van der Waals surface area contributed by atoms with Crippen LogP contribution in [0.2, 0.25) is 0 Å². The Labute approximate surface area is 328 Å². The summed E-state index contributed by atoms with van der Waals surface area (Å²) in [5.41, 5.74) is 9.64. The number of hydrogen-bond donors (Lipinski definition) is 1. The summed E-state index contributed by atoms with van der Waals surface area (Å²) < 4.78 is 0. The van der Waals surface area contributed by atoms with Crippen LogP contribution < -0.4 is 0 Å². The molecule has 3 aromatic carbocycles. The number of nitrogens with zero attached hydrogens (tertiary/aromatic N) is 1. The SMILES string of the molecule is CCC(CC)C(=O)/C=C(\O)C(CC)CC.Cc1cc(C)c2c(C3CCC4(CCCC4)CC3)cc(-c3[c-]c4ccccc4c(C(C)(C)C)c3)nc2c1.[Ir]. The minimum atomic E-state index is 0. The normalized spacial score (nSPS) is 16.4. The zero-order chi connectivity index (χ0) is 36.9. The largest absolute Gasteiger partial charge is 0.512 e. The number of ketones is 1. The number of aliphatic hydroxyl groups excluding tert-OH is 1. The number of pyridine rings is 1. The fourth-order valence-electron chi connectivity index (χ4n) is 9.18. The number of carbonyl (C=O) groups excluding carboxylic acids is 1. The van der Waals surface area contributed by atoms with Gasteiger partial charge in [0.25, 0.3) is 0 Å². The Hall–Kier alpha value is -2.81. The van der Waals surface area contributed by atoms with Gasteiger partial charge in [-0.25, -0.2) is 0 Å². The smallest absolute Gasteiger partial charge is 0.162 e. The van der Waals surface area contributed by atoms with Gasteiger partial charge in [0.05, 0.1) is 11.3 Å². The van der Waals surface area contributed by atoms with E-state index in [-0.39, 0.29) is 48.9 Å². The third-order valence-electron chi connectivity index (χ3n) is 12.4. The topological polar surface area (TPSA) is 50.2 Å². The van der Waals surface area contributed by atoms with Gasteiger partial charge >= 0.3 is 0 Å². The second-order valence-corrected chi connectivity index (χ2v) is 16.9. The Morgan fingerprint density at radius 1 is 0.904 bits per heavy atom. The van der Waals surface area contributed by atoms with Gasteiger partial charge in [0.15, 0.2) is 5.78 Å². The molecule has 2 saturated carbocycles. The quantitative estimate of drug-likeness (QED) is 0.104. The molecule has 1 heterocycles. The molecule has 3 nitrogen and oxygen atoms in total. The summed E-state index contributed by atoms with van der Waals surface area (Å²) in [6.07, 6.45) is 16.2. The van der Waals surface area contributed by atoms with Gasteiger partial charge in [-0.15, -0.1) is 29.1 Å². The van der Waals surface area contributed by atoms with Gasteiger partial charge in [0.1, 0.15) is 0 Å². The van der Waals surface area contributed by atoms with Gasteiger partial charge < -0.3 is 5.11 Å². The predicted molar refractivity (Wildman–Crippen MR) is 218 cm³/mol. The number of fused-ring (bicyclic) bond motifs is 2. The molecule has 4 aromatic rings. The number of aromatic nitrogens is 1. The molecule has 1 N–H and O–H groups in total. The molecule has 2 aliphatic rings. The van der Waals surface area contributed by atoms with Crippen LogP contribution >= 0.6 is 0 Å². The number of aryl methyl sites for hydroxylation is 2. The molecule has 1 aromatic heterocycles. The monoisotopic (exact) mass is 879 g/mol. The minimum absolute atomic E-state index is 0. The van der Waals surface area contributed by atoms with Crippen molar-refractivity contribution in [1.29, 1.82) is 0 Å². The van der Waals surface area contributed by atoms with Crippen molar-refractivity contribution in [3.63, 3.8) is 0 Å². The zero-order valence-electron chi connectivity index (χ0n) is 33.5. The molecule has 4 heteroatoms. The van der Waals surface area contributed by atoms with Crippen molar-refractivity contribution < 1.29 is 30.0 Å². The van der Waals surface area contributed by atoms with Gasteiger partial charge in [0.2, 0.25) is 0 Å². The Morgan fingerprint density at radius 2 is 1.52 bits per heavy atom. The van der Waals surface area contributed by atoms with E-state index in [2.05, 4.69) is 89.2 Å². The van der Waals surface area contributed by atoms with E-state index in [9.17, 15) is 9.90 Å². The van der Waals surface area contributed by atoms with Crippen LogP contribution in [0.25, 0.3) is 32.9 Å². The first-order valence-electron chi connectivity index (χ1n) is 20.1. The van der Waals surface area contributed by atoms with Crippen LogP contribution in [0.1, 0.15) is 154 Å². The maximum atomic E-state index is 11.7. The standard InChI is InChI=1S/C35H40N.C13H24O2.Ir/c1-23-18-24(2)33-29(25-12-16-35(17-13-25)14-8-9-15-35)22-31(36-32(33)19-23)27-20-26-10-6-7-11-28(26)30(21-27)34(3,4)5;1-5-10(6-2)12(14)9-13(15)11(7-3)8-4;/h6-7,10-11,18-19,21-22,25H,8-9,12-17H2,1-5H3;9-11,14H,5-8H2,1-4H3;/q-1;;/b;12-9-;. The van der Waals surface area contributed by atoms with Crippen molar-refractivity contribution in [2.24, 2.45) is 17.3 Å². The van der Waals surface area contributed by atoms with Crippen molar-refractivity contribution in [3.8, 4) is 11.3 Å². The van der Waals surface area contributed by atoms with Gasteiger partial charge in [-0.3, -0.25) is 9.78 Å². The maximum absolute atomic E-state index is 11.7. The third-order valence-corrected chi connectivity index (χ3v) is 12.4. The Kier molecular flexibility index (Phi) is 14.5. The van der Waals surface area contributed by atoms with E-state index in [1.165, 1.54) is 95.9 Å². The number of aliphatic hydroxyl groups is 1. The molecule has 0 aliphatic heterocycles. The van der Waals surface area contributed by atoms with Crippen LogP contribution in [0.4, 0.5) is 0 Å². The summed E-state index contributed by atoms with van der Waals surface area (Å²) in [7, 11) is 0. The van der Waals surface area contributed by atoms with Gasteiger partial charge in [-0.1, -0.05) is 103 Å². The van der Waals surface area contributed by atoms with Gasteiger partial charge in [-0.05, 0) is 118 Å². The summed E-state index contributed by atoms with van der Waals surface area (Å²) in [6.45, 7) is 19.5. The summed E-state index contributed by atoms with van der Waals surface area (Å²) in [5.74, 6) is 1.18. The average Bonchev–Trinajstić information content (AvgIpc) is 3.56. The van der Waals surface area contributed by atoms with Crippen LogP contribution in [-0.2, 0) is 30.3 Å². The molecule has 1 spiro atoms. The van der Waals surface area contributed by atoms with E-state index in [1.54, 1.807) is 0 Å². The molecule has 52 heavy (non-hydrogen) atoms. The Bertz CT molecular complexity index is 1840. The van der Waals surface area contributed by atoms with Crippen LogP contribution in [0.5, 0.6) is 0 Å². The molecule has 2 fully saturated rings. The van der Waals surface area contributed by atoms with Crippen LogP contribution in [0, 0.1) is 37.2 Å². The minimum Gasteiger partial charge on any atom is -0.512 e. The first kappa shape index (κ1) is 41.9. The average molecular weight is 879 g/mol. The molecule has 0 bridgehead atoms. The van der Waals surface area contributed by atoms with Crippen molar-refractivity contribution in [2.45, 2.75) is 151 Å². The Morgan fingerprint density at radius 3 is 2.12 bits per heavy atom. The van der Waals surface area contributed by atoms with Crippen molar-refractivity contribution >= 4 is 27.5 Å². The second-order valence-electron chi connectivity index (χ2n) is 16.9. The fourth-order valence-corrected chi connectivity index (χ4v) is 9.18.